The number of hydrogen-bond acceptors (Lipinski definition) is 11. The molecular formula is C39H72O14P2. The monoisotopic (exact) mass is 826 g/mol. The zero-order valence-corrected chi connectivity index (χ0v) is 35.3. The van der Waals surface area contributed by atoms with Crippen molar-refractivity contribution in [3.8, 4) is 0 Å². The largest absolute Gasteiger partial charge is 0.472 e. The van der Waals surface area contributed by atoms with Crippen molar-refractivity contribution in [2.45, 2.75) is 167 Å². The number of phosphoric ester groups is 2. The third kappa shape index (κ3) is 37.6. The molecule has 5 atom stereocenters. The second-order valence-electron chi connectivity index (χ2n) is 14.0. The second kappa shape index (κ2) is 34.4. The van der Waals surface area contributed by atoms with E-state index in [2.05, 4.69) is 42.0 Å². The van der Waals surface area contributed by atoms with E-state index in [0.29, 0.717) is 6.42 Å². The van der Waals surface area contributed by atoms with Crippen LogP contribution in [0.2, 0.25) is 0 Å². The van der Waals surface area contributed by atoms with Crippen LogP contribution >= 0.6 is 15.6 Å². The molecule has 0 saturated carbocycles. The van der Waals surface area contributed by atoms with E-state index in [-0.39, 0.29) is 25.7 Å². The summed E-state index contributed by atoms with van der Waals surface area (Å²) in [6, 6.07) is 0. The number of allylic oxidation sites excluding steroid dienone is 5. The molecule has 0 aromatic heterocycles. The van der Waals surface area contributed by atoms with E-state index in [4.69, 9.17) is 23.8 Å². The molecule has 0 rings (SSSR count). The molecule has 0 aliphatic heterocycles. The highest BCUT2D eigenvalue weighted by molar-refractivity contribution is 7.47. The number of unbranched alkanes of at least 4 members (excludes halogenated alkanes) is 11. The summed E-state index contributed by atoms with van der Waals surface area (Å²) in [5.74, 6) is -0.496. The summed E-state index contributed by atoms with van der Waals surface area (Å²) in [5, 5.41) is 20.0. The first-order valence-electron chi connectivity index (χ1n) is 20.2. The molecule has 14 nitrogen and oxygen atoms in total. The zero-order valence-electron chi connectivity index (χ0n) is 33.5. The molecule has 0 saturated heterocycles. The standard InChI is InChI=1S/C39H72O14P2/c1-4-6-7-8-9-10-11-12-13-14-15-19-22-26-35(40)27-24-29-39(43)53-37(33-52-55(47,48)51-31-36(41)30-50-54(44,45)46)32-49-38(42)28-23-20-17-16-18-21-25-34(3)5-2/h12-13,15,19,22,26,34-37,40-41H,4-11,14,16-18,20-21,23-25,27-33H2,1-3H3,(H,47,48)(H2,44,45,46)/b13-12+,19-15+,26-22+/t34?,35?,36-,37+/m0/s1. The van der Waals surface area contributed by atoms with Gasteiger partial charge in [-0.3, -0.25) is 23.2 Å². The predicted octanol–water partition coefficient (Wildman–Crippen LogP) is 8.55. The fraction of sp³-hybridized carbons (Fsp3) is 0.795. The summed E-state index contributed by atoms with van der Waals surface area (Å²) < 4.78 is 47.5. The molecule has 5 N–H and O–H groups in total. The van der Waals surface area contributed by atoms with Crippen LogP contribution in [0.15, 0.2) is 36.5 Å². The normalized spacial score (nSPS) is 15.7. The smallest absolute Gasteiger partial charge is 0.462 e. The van der Waals surface area contributed by atoms with Gasteiger partial charge in [0.15, 0.2) is 6.10 Å². The molecule has 0 heterocycles. The summed E-state index contributed by atoms with van der Waals surface area (Å²) in [6.07, 6.45) is 26.3. The van der Waals surface area contributed by atoms with Crippen LogP contribution in [0.3, 0.4) is 0 Å². The van der Waals surface area contributed by atoms with E-state index in [1.165, 1.54) is 57.8 Å². The van der Waals surface area contributed by atoms with Crippen molar-refractivity contribution in [3.05, 3.63) is 36.5 Å². The van der Waals surface area contributed by atoms with Crippen LogP contribution in [-0.2, 0) is 41.8 Å². The van der Waals surface area contributed by atoms with Crippen LogP contribution in [0.1, 0.15) is 149 Å². The maximum absolute atomic E-state index is 12.6. The van der Waals surface area contributed by atoms with Gasteiger partial charge in [0.25, 0.3) is 0 Å². The molecule has 0 aliphatic rings. The maximum Gasteiger partial charge on any atom is 0.472 e. The Morgan fingerprint density at radius 2 is 1.27 bits per heavy atom. The Hall–Kier alpha value is -1.70. The molecule has 0 aromatic carbocycles. The molecule has 0 radical (unpaired) electrons. The van der Waals surface area contributed by atoms with Crippen LogP contribution in [0.4, 0.5) is 0 Å². The van der Waals surface area contributed by atoms with Crippen LogP contribution in [0.5, 0.6) is 0 Å². The van der Waals surface area contributed by atoms with Gasteiger partial charge in [0.1, 0.15) is 12.7 Å². The van der Waals surface area contributed by atoms with Gasteiger partial charge in [0, 0.05) is 12.8 Å². The Bertz CT molecular complexity index is 1160. The van der Waals surface area contributed by atoms with Crippen LogP contribution in [-0.4, -0.2) is 81.6 Å². The summed E-state index contributed by atoms with van der Waals surface area (Å²) in [6.45, 7) is 3.76. The fourth-order valence-electron chi connectivity index (χ4n) is 5.15. The number of phosphoric acid groups is 2. The van der Waals surface area contributed by atoms with Crippen molar-refractivity contribution in [2.75, 3.05) is 26.4 Å². The SMILES string of the molecule is CCCCCCCC/C=C/C/C=C/C=C/C(O)CCCC(=O)O[C@H](COC(=O)CCCCCCCCC(C)CC)COP(=O)(O)OC[C@@H](O)COP(=O)(O)O. The van der Waals surface area contributed by atoms with E-state index >= 15 is 0 Å². The van der Waals surface area contributed by atoms with Crippen molar-refractivity contribution >= 4 is 27.6 Å². The highest BCUT2D eigenvalue weighted by atomic mass is 31.2. The van der Waals surface area contributed by atoms with Gasteiger partial charge in [-0.15, -0.1) is 0 Å². The van der Waals surface area contributed by atoms with Gasteiger partial charge in [0.2, 0.25) is 0 Å². The molecule has 0 amide bonds. The van der Waals surface area contributed by atoms with Gasteiger partial charge in [-0.25, -0.2) is 9.13 Å². The van der Waals surface area contributed by atoms with Gasteiger partial charge >= 0.3 is 27.6 Å². The van der Waals surface area contributed by atoms with Crippen molar-refractivity contribution in [2.24, 2.45) is 5.92 Å². The lowest BCUT2D eigenvalue weighted by atomic mass is 10.00. The number of carbonyl (C=O) groups excluding carboxylic acids is 2. The molecule has 3 unspecified atom stereocenters. The highest BCUT2D eigenvalue weighted by Gasteiger charge is 2.28. The first-order valence-corrected chi connectivity index (χ1v) is 23.2. The van der Waals surface area contributed by atoms with Crippen molar-refractivity contribution in [1.82, 2.24) is 0 Å². The summed E-state index contributed by atoms with van der Waals surface area (Å²) in [4.78, 5) is 52.5. The van der Waals surface area contributed by atoms with Crippen LogP contribution in [0, 0.1) is 5.92 Å². The van der Waals surface area contributed by atoms with E-state index in [1.807, 2.05) is 12.2 Å². The fourth-order valence-corrected chi connectivity index (χ4v) is 6.31. The molecule has 0 aromatic rings. The van der Waals surface area contributed by atoms with Crippen LogP contribution < -0.4 is 0 Å². The molecule has 0 fully saturated rings. The molecule has 0 aliphatic carbocycles. The van der Waals surface area contributed by atoms with Crippen molar-refractivity contribution < 1.29 is 66.7 Å². The first kappa shape index (κ1) is 53.3. The highest BCUT2D eigenvalue weighted by Crippen LogP contribution is 2.43. The number of aliphatic hydroxyl groups excluding tert-OH is 2. The minimum Gasteiger partial charge on any atom is -0.462 e. The number of hydrogen-bond donors (Lipinski definition) is 5. The van der Waals surface area contributed by atoms with E-state index in [9.17, 15) is 33.8 Å². The molecule has 16 heteroatoms. The summed E-state index contributed by atoms with van der Waals surface area (Å²) >= 11 is 0. The molecular weight excluding hydrogens is 754 g/mol. The Balaban J connectivity index is 4.76. The van der Waals surface area contributed by atoms with Crippen molar-refractivity contribution in [3.63, 3.8) is 0 Å². The second-order valence-corrected chi connectivity index (χ2v) is 16.7. The average Bonchev–Trinajstić information content (AvgIpc) is 3.13. The van der Waals surface area contributed by atoms with Crippen LogP contribution in [0.25, 0.3) is 0 Å². The number of aliphatic hydroxyl groups is 2. The third-order valence-corrected chi connectivity index (χ3v) is 10.1. The molecule has 55 heavy (non-hydrogen) atoms. The summed E-state index contributed by atoms with van der Waals surface area (Å²) in [7, 11) is -9.73. The van der Waals surface area contributed by atoms with Gasteiger partial charge in [-0.2, -0.15) is 0 Å². The average molecular weight is 827 g/mol. The lowest BCUT2D eigenvalue weighted by molar-refractivity contribution is -0.161. The number of ether oxygens (including phenoxy) is 2. The van der Waals surface area contributed by atoms with Crippen molar-refractivity contribution in [1.29, 1.82) is 0 Å². The lowest BCUT2D eigenvalue weighted by Gasteiger charge is -2.20. The third-order valence-electron chi connectivity index (χ3n) is 8.67. The van der Waals surface area contributed by atoms with Gasteiger partial charge in [-0.1, -0.05) is 134 Å². The van der Waals surface area contributed by atoms with E-state index in [0.717, 1.165) is 44.4 Å². The lowest BCUT2D eigenvalue weighted by Crippen LogP contribution is -2.30. The Kier molecular flexibility index (Phi) is 33.3. The Labute approximate surface area is 329 Å². The molecule has 0 spiro atoms. The zero-order chi connectivity index (χ0) is 41.2. The Morgan fingerprint density at radius 3 is 1.96 bits per heavy atom. The molecule has 322 valence electrons. The van der Waals surface area contributed by atoms with E-state index in [1.54, 1.807) is 12.2 Å². The quantitative estimate of drug-likeness (QED) is 0.0130. The molecule has 0 bridgehead atoms. The number of carbonyl (C=O) groups is 2. The topological polar surface area (TPSA) is 216 Å². The van der Waals surface area contributed by atoms with E-state index < -0.39 is 72.3 Å². The summed E-state index contributed by atoms with van der Waals surface area (Å²) in [5.41, 5.74) is 0. The number of rotatable bonds is 37. The minimum absolute atomic E-state index is 0.0923. The van der Waals surface area contributed by atoms with Gasteiger partial charge in [-0.05, 0) is 44.4 Å². The number of esters is 2. The van der Waals surface area contributed by atoms with Gasteiger partial charge in [0.05, 0.1) is 25.9 Å². The van der Waals surface area contributed by atoms with Gasteiger partial charge < -0.3 is 34.4 Å². The minimum atomic E-state index is -4.88. The Morgan fingerprint density at radius 1 is 0.655 bits per heavy atom. The maximum atomic E-state index is 12.6. The first-order chi connectivity index (χ1) is 26.2. The predicted molar refractivity (Wildman–Crippen MR) is 213 cm³/mol.